The van der Waals surface area contributed by atoms with Crippen molar-refractivity contribution in [3.05, 3.63) is 35.8 Å². The lowest BCUT2D eigenvalue weighted by molar-refractivity contribution is 0.583. The van der Waals surface area contributed by atoms with Crippen LogP contribution in [0, 0.1) is 11.6 Å². The number of imidazole rings is 1. The number of hydrogen-bond donors (Lipinski definition) is 3. The van der Waals surface area contributed by atoms with E-state index in [-0.39, 0.29) is 10.7 Å². The summed E-state index contributed by atoms with van der Waals surface area (Å²) in [6.45, 7) is 1.79. The summed E-state index contributed by atoms with van der Waals surface area (Å²) in [5, 5.41) is -0.225. The molecule has 1 aromatic carbocycles. The number of rotatable bonds is 4. The van der Waals surface area contributed by atoms with Crippen LogP contribution in [0.4, 0.5) is 20.2 Å². The Morgan fingerprint density at radius 3 is 2.65 bits per heavy atom. The molecule has 0 atom stereocenters. The van der Waals surface area contributed by atoms with Gasteiger partial charge in [-0.1, -0.05) is 6.92 Å². The van der Waals surface area contributed by atoms with Gasteiger partial charge in [-0.05, 0) is 6.07 Å². The van der Waals surface area contributed by atoms with Crippen LogP contribution in [0.2, 0.25) is 0 Å². The molecular weight excluding hydrogens is 290 g/mol. The minimum Gasteiger partial charge on any atom is -0.397 e. The molecule has 2 aromatic rings. The van der Waals surface area contributed by atoms with Crippen molar-refractivity contribution < 1.29 is 17.2 Å². The van der Waals surface area contributed by atoms with Gasteiger partial charge in [-0.3, -0.25) is 4.72 Å². The van der Waals surface area contributed by atoms with Crippen LogP contribution in [-0.2, 0) is 16.4 Å². The van der Waals surface area contributed by atoms with E-state index in [0.717, 1.165) is 12.3 Å². The minimum atomic E-state index is -4.07. The maximum absolute atomic E-state index is 13.6. The van der Waals surface area contributed by atoms with Crippen molar-refractivity contribution in [3.8, 4) is 0 Å². The fourth-order valence-electron chi connectivity index (χ4n) is 1.55. The third kappa shape index (κ3) is 2.72. The van der Waals surface area contributed by atoms with Crippen LogP contribution in [0.15, 0.2) is 23.4 Å². The second kappa shape index (κ2) is 5.08. The predicted octanol–water partition coefficient (Wildman–Crippen LogP) is 1.63. The molecule has 0 radical (unpaired) electrons. The lowest BCUT2D eigenvalue weighted by atomic mass is 10.2. The van der Waals surface area contributed by atoms with Crippen molar-refractivity contribution in [3.63, 3.8) is 0 Å². The van der Waals surface area contributed by atoms with Gasteiger partial charge in [0.25, 0.3) is 10.0 Å². The van der Waals surface area contributed by atoms with Crippen LogP contribution in [0.3, 0.4) is 0 Å². The molecule has 6 nitrogen and oxygen atoms in total. The number of nitrogen functional groups attached to an aromatic ring is 1. The molecule has 0 aliphatic carbocycles. The smallest absolute Gasteiger partial charge is 0.279 e. The second-order valence-electron chi connectivity index (χ2n) is 4.01. The summed E-state index contributed by atoms with van der Waals surface area (Å²) in [4.78, 5) is 6.42. The number of aryl methyl sites for hydroxylation is 1. The Hall–Kier alpha value is -2.16. The predicted molar refractivity (Wildman–Crippen MR) is 69.5 cm³/mol. The number of aromatic nitrogens is 2. The molecule has 0 saturated carbocycles. The van der Waals surface area contributed by atoms with E-state index < -0.39 is 27.3 Å². The van der Waals surface area contributed by atoms with E-state index in [1.807, 2.05) is 4.72 Å². The third-order valence-electron chi connectivity index (χ3n) is 2.55. The molecule has 0 unspecified atom stereocenters. The number of aromatic amines is 1. The highest BCUT2D eigenvalue weighted by Crippen LogP contribution is 2.26. The number of anilines is 2. The summed E-state index contributed by atoms with van der Waals surface area (Å²) >= 11 is 0. The van der Waals surface area contributed by atoms with Crippen molar-refractivity contribution in [2.75, 3.05) is 10.5 Å². The minimum absolute atomic E-state index is 0.225. The van der Waals surface area contributed by atoms with Gasteiger partial charge >= 0.3 is 0 Å². The molecule has 0 aliphatic heterocycles. The Morgan fingerprint density at radius 1 is 1.40 bits per heavy atom. The van der Waals surface area contributed by atoms with Gasteiger partial charge in [0.05, 0.1) is 11.9 Å². The van der Waals surface area contributed by atoms with E-state index in [0.29, 0.717) is 18.3 Å². The number of nitrogens with one attached hydrogen (secondary N) is 2. The number of halogens is 2. The molecule has 108 valence electrons. The van der Waals surface area contributed by atoms with Crippen LogP contribution in [-0.4, -0.2) is 18.4 Å². The molecule has 2 rings (SSSR count). The highest BCUT2D eigenvalue weighted by molar-refractivity contribution is 7.92. The zero-order valence-corrected chi connectivity index (χ0v) is 11.3. The van der Waals surface area contributed by atoms with Gasteiger partial charge < -0.3 is 10.7 Å². The van der Waals surface area contributed by atoms with Crippen molar-refractivity contribution in [2.45, 2.75) is 18.4 Å². The second-order valence-corrected chi connectivity index (χ2v) is 5.66. The van der Waals surface area contributed by atoms with Crippen LogP contribution in [0.25, 0.3) is 0 Å². The molecule has 20 heavy (non-hydrogen) atoms. The monoisotopic (exact) mass is 302 g/mol. The molecule has 0 fully saturated rings. The maximum atomic E-state index is 13.6. The number of benzene rings is 1. The van der Waals surface area contributed by atoms with Crippen LogP contribution in [0.5, 0.6) is 0 Å². The Kier molecular flexibility index (Phi) is 3.62. The van der Waals surface area contributed by atoms with Gasteiger partial charge in [0.15, 0.2) is 10.8 Å². The van der Waals surface area contributed by atoms with E-state index in [1.165, 1.54) is 0 Å². The van der Waals surface area contributed by atoms with Gasteiger partial charge in [-0.2, -0.15) is 8.42 Å². The standard InChI is InChI=1S/C11H12F2N4O2S/c1-2-9-15-5-10(16-9)20(18,19)17-11-7(13)3-6(12)4-8(11)14/h3-5,17H,2,14H2,1H3,(H,15,16). The van der Waals surface area contributed by atoms with Gasteiger partial charge in [0, 0.05) is 12.5 Å². The molecule has 1 heterocycles. The molecule has 0 bridgehead atoms. The third-order valence-corrected chi connectivity index (χ3v) is 3.81. The topological polar surface area (TPSA) is 101 Å². The normalized spacial score (nSPS) is 11.6. The SMILES string of the molecule is CCc1ncc(S(=O)(=O)Nc2c(N)cc(F)cc2F)[nH]1. The Morgan fingerprint density at radius 2 is 2.10 bits per heavy atom. The van der Waals surface area contributed by atoms with Crippen LogP contribution < -0.4 is 10.5 Å². The summed E-state index contributed by atoms with van der Waals surface area (Å²) < 4.78 is 52.5. The molecule has 0 spiro atoms. The molecule has 0 aliphatic rings. The van der Waals surface area contributed by atoms with Gasteiger partial charge in [0.2, 0.25) is 0 Å². The molecule has 1 aromatic heterocycles. The Labute approximate surface area is 114 Å². The zero-order valence-electron chi connectivity index (χ0n) is 10.4. The quantitative estimate of drug-likeness (QED) is 0.747. The average Bonchev–Trinajstić information content (AvgIpc) is 2.83. The van der Waals surface area contributed by atoms with E-state index in [1.54, 1.807) is 6.92 Å². The van der Waals surface area contributed by atoms with Crippen molar-refractivity contribution >= 4 is 21.4 Å². The number of sulfonamides is 1. The first-order valence-electron chi connectivity index (χ1n) is 5.64. The van der Waals surface area contributed by atoms with E-state index in [9.17, 15) is 17.2 Å². The lowest BCUT2D eigenvalue weighted by Gasteiger charge is -2.10. The number of nitrogens with two attached hydrogens (primary N) is 1. The van der Waals surface area contributed by atoms with Gasteiger partial charge in [0.1, 0.15) is 17.3 Å². The van der Waals surface area contributed by atoms with Gasteiger partial charge in [-0.15, -0.1) is 0 Å². The number of H-pyrrole nitrogens is 1. The fraction of sp³-hybridized carbons (Fsp3) is 0.182. The first-order chi connectivity index (χ1) is 9.33. The molecule has 0 amide bonds. The molecule has 9 heteroatoms. The number of nitrogens with zero attached hydrogens (tertiary/aromatic N) is 1. The highest BCUT2D eigenvalue weighted by atomic mass is 32.2. The van der Waals surface area contributed by atoms with Crippen LogP contribution in [0.1, 0.15) is 12.7 Å². The summed E-state index contributed by atoms with van der Waals surface area (Å²) in [7, 11) is -4.07. The Balaban J connectivity index is 2.38. The fourth-order valence-corrected chi connectivity index (χ4v) is 2.59. The highest BCUT2D eigenvalue weighted by Gasteiger charge is 2.21. The molecular formula is C11H12F2N4O2S. The zero-order chi connectivity index (χ0) is 14.9. The largest absolute Gasteiger partial charge is 0.397 e. The van der Waals surface area contributed by atoms with E-state index in [2.05, 4.69) is 9.97 Å². The lowest BCUT2D eigenvalue weighted by Crippen LogP contribution is -2.16. The summed E-state index contributed by atoms with van der Waals surface area (Å²) in [6, 6.07) is 1.37. The maximum Gasteiger partial charge on any atom is 0.279 e. The van der Waals surface area contributed by atoms with E-state index in [4.69, 9.17) is 5.73 Å². The molecule has 0 saturated heterocycles. The summed E-state index contributed by atoms with van der Waals surface area (Å²) in [5.41, 5.74) is 4.56. The first kappa shape index (κ1) is 14.3. The van der Waals surface area contributed by atoms with Crippen molar-refractivity contribution in [1.29, 1.82) is 0 Å². The first-order valence-corrected chi connectivity index (χ1v) is 7.13. The van der Waals surface area contributed by atoms with Crippen molar-refractivity contribution in [1.82, 2.24) is 9.97 Å². The van der Waals surface area contributed by atoms with Crippen molar-refractivity contribution in [2.24, 2.45) is 0 Å². The van der Waals surface area contributed by atoms with Gasteiger partial charge in [-0.25, -0.2) is 13.8 Å². The molecule has 4 N–H and O–H groups in total. The van der Waals surface area contributed by atoms with E-state index >= 15 is 0 Å². The van der Waals surface area contributed by atoms with Crippen LogP contribution >= 0.6 is 0 Å². The summed E-state index contributed by atoms with van der Waals surface area (Å²) in [6.07, 6.45) is 1.63. The Bertz CT molecular complexity index is 720. The number of hydrogen-bond acceptors (Lipinski definition) is 4. The average molecular weight is 302 g/mol. The summed E-state index contributed by atoms with van der Waals surface area (Å²) in [5.74, 6) is -1.52.